The van der Waals surface area contributed by atoms with Crippen LogP contribution in [0.5, 0.6) is 0 Å². The summed E-state index contributed by atoms with van der Waals surface area (Å²) in [7, 11) is 0. The van der Waals surface area contributed by atoms with Crippen LogP contribution in [0, 0.1) is 0 Å². The molecule has 0 saturated heterocycles. The number of carbonyl (C=O) groups is 2. The molecule has 1 saturated carbocycles. The molecule has 5 nitrogen and oxygen atoms in total. The lowest BCUT2D eigenvalue weighted by Crippen LogP contribution is -2.57. The third-order valence-electron chi connectivity index (χ3n) is 3.56. The summed E-state index contributed by atoms with van der Waals surface area (Å²) in [5.74, 6) is -0.926. The van der Waals surface area contributed by atoms with Crippen LogP contribution in [-0.2, 0) is 4.79 Å². The van der Waals surface area contributed by atoms with Gasteiger partial charge in [-0.3, -0.25) is 0 Å². The molecule has 0 aromatic heterocycles. The number of hydrogen-bond acceptors (Lipinski definition) is 2. The van der Waals surface area contributed by atoms with Crippen LogP contribution in [0.4, 0.5) is 4.79 Å². The topological polar surface area (TPSA) is 78.4 Å². The van der Waals surface area contributed by atoms with Crippen molar-refractivity contribution in [3.05, 3.63) is 12.2 Å². The number of amides is 2. The summed E-state index contributed by atoms with van der Waals surface area (Å²) in [5, 5.41) is 14.8. The number of nitrogens with one attached hydrogen (secondary N) is 2. The number of aliphatic carboxylic acids is 1. The van der Waals surface area contributed by atoms with E-state index in [0.29, 0.717) is 25.8 Å². The molecule has 0 aromatic carbocycles. The van der Waals surface area contributed by atoms with Gasteiger partial charge in [-0.15, -0.1) is 6.58 Å². The zero-order chi connectivity index (χ0) is 14.3. The molecule has 3 N–H and O–H groups in total. The summed E-state index contributed by atoms with van der Waals surface area (Å²) in [6, 6.07) is -0.398. The first-order chi connectivity index (χ1) is 8.96. The van der Waals surface area contributed by atoms with Crippen LogP contribution < -0.4 is 10.6 Å². The smallest absolute Gasteiger partial charge is 0.329 e. The Balaban J connectivity index is 2.55. The molecule has 0 bridgehead atoms. The van der Waals surface area contributed by atoms with E-state index >= 15 is 0 Å². The Bertz CT molecular complexity index is 345. The summed E-state index contributed by atoms with van der Waals surface area (Å²) in [4.78, 5) is 23.3. The molecule has 1 aliphatic rings. The molecule has 19 heavy (non-hydrogen) atoms. The average molecular weight is 268 g/mol. The molecule has 0 unspecified atom stereocenters. The van der Waals surface area contributed by atoms with Gasteiger partial charge in [-0.05, 0) is 26.2 Å². The molecule has 0 aromatic rings. The quantitative estimate of drug-likeness (QED) is 0.529. The first-order valence-electron chi connectivity index (χ1n) is 6.90. The van der Waals surface area contributed by atoms with Gasteiger partial charge < -0.3 is 15.7 Å². The number of carbonyl (C=O) groups excluding carboxylic acids is 1. The summed E-state index contributed by atoms with van der Waals surface area (Å²) in [6.45, 7) is 6.13. The molecule has 1 fully saturated rings. The van der Waals surface area contributed by atoms with Gasteiger partial charge in [0.05, 0.1) is 0 Å². The minimum atomic E-state index is -1.09. The van der Waals surface area contributed by atoms with Crippen molar-refractivity contribution in [2.75, 3.05) is 6.54 Å². The molecule has 1 aliphatic carbocycles. The molecule has 1 rings (SSSR count). The van der Waals surface area contributed by atoms with Crippen molar-refractivity contribution in [1.82, 2.24) is 10.6 Å². The second kappa shape index (κ2) is 7.16. The summed E-state index contributed by atoms with van der Waals surface area (Å²) in [6.07, 6.45) is 5.48. The van der Waals surface area contributed by atoms with Crippen LogP contribution in [0.3, 0.4) is 0 Å². The van der Waals surface area contributed by atoms with E-state index in [1.54, 1.807) is 0 Å². The fourth-order valence-corrected chi connectivity index (χ4v) is 2.38. The van der Waals surface area contributed by atoms with E-state index < -0.39 is 17.5 Å². The highest BCUT2D eigenvalue weighted by Crippen LogP contribution is 2.27. The molecular weight excluding hydrogens is 244 g/mol. The summed E-state index contributed by atoms with van der Waals surface area (Å²) >= 11 is 0. The zero-order valence-corrected chi connectivity index (χ0v) is 11.6. The van der Waals surface area contributed by atoms with Gasteiger partial charge in [0.15, 0.2) is 0 Å². The maximum atomic E-state index is 11.8. The fourth-order valence-electron chi connectivity index (χ4n) is 2.38. The number of carboxylic acid groups (broad SMARTS) is 1. The van der Waals surface area contributed by atoms with Gasteiger partial charge in [0.2, 0.25) is 0 Å². The Morgan fingerprint density at radius 1 is 1.21 bits per heavy atom. The molecular formula is C14H24N2O3. The van der Waals surface area contributed by atoms with Gasteiger partial charge >= 0.3 is 12.0 Å². The number of rotatable bonds is 5. The second-order valence-corrected chi connectivity index (χ2v) is 5.39. The molecule has 2 amide bonds. The highest BCUT2D eigenvalue weighted by atomic mass is 16.4. The molecule has 0 atom stereocenters. The molecule has 5 heteroatoms. The van der Waals surface area contributed by atoms with Gasteiger partial charge in [-0.25, -0.2) is 9.59 Å². The van der Waals surface area contributed by atoms with Gasteiger partial charge in [0.25, 0.3) is 0 Å². The number of urea groups is 1. The fraction of sp³-hybridized carbons (Fsp3) is 0.714. The van der Waals surface area contributed by atoms with Gasteiger partial charge in [-0.1, -0.05) is 31.3 Å². The van der Waals surface area contributed by atoms with E-state index in [0.717, 1.165) is 31.3 Å². The van der Waals surface area contributed by atoms with Crippen LogP contribution >= 0.6 is 0 Å². The lowest BCUT2D eigenvalue weighted by atomic mass is 9.90. The maximum absolute atomic E-state index is 11.8. The van der Waals surface area contributed by atoms with E-state index in [1.165, 1.54) is 0 Å². The highest BCUT2D eigenvalue weighted by Gasteiger charge is 2.39. The van der Waals surface area contributed by atoms with E-state index in [9.17, 15) is 14.7 Å². The van der Waals surface area contributed by atoms with Crippen LogP contribution in [0.2, 0.25) is 0 Å². The first-order valence-corrected chi connectivity index (χ1v) is 6.90. The van der Waals surface area contributed by atoms with Crippen molar-refractivity contribution < 1.29 is 14.7 Å². The minimum absolute atomic E-state index is 0.398. The predicted molar refractivity (Wildman–Crippen MR) is 74.0 cm³/mol. The Labute approximate surface area is 114 Å². The molecule has 108 valence electrons. The van der Waals surface area contributed by atoms with E-state index in [2.05, 4.69) is 17.2 Å². The van der Waals surface area contributed by atoms with Gasteiger partial charge in [-0.2, -0.15) is 0 Å². The highest BCUT2D eigenvalue weighted by molar-refractivity contribution is 5.86. The lowest BCUT2D eigenvalue weighted by molar-refractivity contribution is -0.145. The van der Waals surface area contributed by atoms with Gasteiger partial charge in [0.1, 0.15) is 5.54 Å². The van der Waals surface area contributed by atoms with Gasteiger partial charge in [0, 0.05) is 6.54 Å². The maximum Gasteiger partial charge on any atom is 0.329 e. The van der Waals surface area contributed by atoms with E-state index in [-0.39, 0.29) is 0 Å². The van der Waals surface area contributed by atoms with Crippen molar-refractivity contribution in [1.29, 1.82) is 0 Å². The summed E-state index contributed by atoms with van der Waals surface area (Å²) < 4.78 is 0. The number of carboxylic acids is 1. The Hall–Kier alpha value is -1.52. The van der Waals surface area contributed by atoms with Crippen molar-refractivity contribution in [3.63, 3.8) is 0 Å². The van der Waals surface area contributed by atoms with Crippen LogP contribution in [0.15, 0.2) is 12.2 Å². The van der Waals surface area contributed by atoms with Crippen molar-refractivity contribution in [2.24, 2.45) is 0 Å². The Morgan fingerprint density at radius 3 is 2.26 bits per heavy atom. The molecule has 0 spiro atoms. The zero-order valence-electron chi connectivity index (χ0n) is 11.6. The van der Waals surface area contributed by atoms with Crippen LogP contribution in [0.1, 0.15) is 51.9 Å². The van der Waals surface area contributed by atoms with Crippen LogP contribution in [-0.4, -0.2) is 29.2 Å². The van der Waals surface area contributed by atoms with Crippen molar-refractivity contribution in [2.45, 2.75) is 57.4 Å². The lowest BCUT2D eigenvalue weighted by Gasteiger charge is -2.29. The van der Waals surface area contributed by atoms with Crippen LogP contribution in [0.25, 0.3) is 0 Å². The van der Waals surface area contributed by atoms with Crippen molar-refractivity contribution >= 4 is 12.0 Å². The third-order valence-corrected chi connectivity index (χ3v) is 3.56. The normalized spacial score (nSPS) is 18.2. The third kappa shape index (κ3) is 4.93. The van der Waals surface area contributed by atoms with E-state index in [4.69, 9.17) is 0 Å². The molecule has 0 heterocycles. The standard InChI is InChI=1S/C14H24N2O3/c1-11(2)7-10-15-13(19)16-14(12(17)18)8-5-3-4-6-9-14/h1,3-10H2,2H3,(H,17,18)(H2,15,16,19). The number of hydrogen-bond donors (Lipinski definition) is 3. The summed E-state index contributed by atoms with van der Waals surface area (Å²) in [5.41, 5.74) is -0.105. The Morgan fingerprint density at radius 2 is 1.79 bits per heavy atom. The monoisotopic (exact) mass is 268 g/mol. The predicted octanol–water partition coefficient (Wildman–Crippen LogP) is 2.43. The van der Waals surface area contributed by atoms with Crippen molar-refractivity contribution in [3.8, 4) is 0 Å². The average Bonchev–Trinajstić information content (AvgIpc) is 2.55. The second-order valence-electron chi connectivity index (χ2n) is 5.39. The SMILES string of the molecule is C=C(C)CCNC(=O)NC1(C(=O)O)CCCCCC1. The van der Waals surface area contributed by atoms with E-state index in [1.807, 2.05) is 6.92 Å². The molecule has 0 aliphatic heterocycles. The minimum Gasteiger partial charge on any atom is -0.480 e. The molecule has 0 radical (unpaired) electrons. The first kappa shape index (κ1) is 15.5. The largest absolute Gasteiger partial charge is 0.480 e. The Kier molecular flexibility index (Phi) is 5.86.